The molecular weight excluding hydrogens is 286 g/mol. The van der Waals surface area contributed by atoms with Crippen molar-refractivity contribution >= 4 is 26.7 Å². The molecule has 0 bridgehead atoms. The minimum atomic E-state index is -3.54. The van der Waals surface area contributed by atoms with Gasteiger partial charge in [0.2, 0.25) is 15.9 Å². The lowest BCUT2D eigenvalue weighted by molar-refractivity contribution is -0.119. The van der Waals surface area contributed by atoms with E-state index in [0.717, 1.165) is 16.3 Å². The molecule has 0 aliphatic heterocycles. The van der Waals surface area contributed by atoms with Gasteiger partial charge in [0, 0.05) is 6.42 Å². The molecule has 2 aromatic carbocycles. The summed E-state index contributed by atoms with van der Waals surface area (Å²) in [5.74, 6) is -0.461. The molecule has 21 heavy (non-hydrogen) atoms. The molecule has 2 aromatic rings. The van der Waals surface area contributed by atoms with Crippen LogP contribution in [-0.2, 0) is 21.2 Å². The maximum atomic E-state index is 11.7. The van der Waals surface area contributed by atoms with Crippen LogP contribution in [0.5, 0.6) is 0 Å². The van der Waals surface area contributed by atoms with Crippen LogP contribution in [0.1, 0.15) is 25.8 Å². The largest absolute Gasteiger partial charge is 0.274 e. The molecule has 0 spiro atoms. The number of amides is 1. The number of hydrogen-bond acceptors (Lipinski definition) is 3. The first-order valence-electron chi connectivity index (χ1n) is 6.90. The number of nitrogens with one attached hydrogen (secondary N) is 1. The van der Waals surface area contributed by atoms with Gasteiger partial charge in [-0.3, -0.25) is 9.52 Å². The first kappa shape index (κ1) is 15.5. The number of carbonyl (C=O) groups is 1. The third-order valence-corrected chi connectivity index (χ3v) is 5.08. The van der Waals surface area contributed by atoms with Gasteiger partial charge in [-0.05, 0) is 36.6 Å². The van der Waals surface area contributed by atoms with Crippen LogP contribution < -0.4 is 4.72 Å². The van der Waals surface area contributed by atoms with Gasteiger partial charge in [0.25, 0.3) is 0 Å². The van der Waals surface area contributed by atoms with E-state index >= 15 is 0 Å². The van der Waals surface area contributed by atoms with Crippen LogP contribution in [0, 0.1) is 0 Å². The van der Waals surface area contributed by atoms with Crippen LogP contribution in [0.25, 0.3) is 10.8 Å². The van der Waals surface area contributed by atoms with E-state index in [2.05, 4.69) is 4.72 Å². The average molecular weight is 305 g/mol. The molecule has 4 nitrogen and oxygen atoms in total. The lowest BCUT2D eigenvalue weighted by Gasteiger charge is -2.09. The zero-order valence-corrected chi connectivity index (χ0v) is 13.0. The Balaban J connectivity index is 2.00. The second-order valence-electron chi connectivity index (χ2n) is 5.30. The van der Waals surface area contributed by atoms with Crippen molar-refractivity contribution in [1.29, 1.82) is 0 Å². The first-order valence-corrected chi connectivity index (χ1v) is 8.45. The van der Waals surface area contributed by atoms with Crippen molar-refractivity contribution in [3.8, 4) is 0 Å². The van der Waals surface area contributed by atoms with E-state index in [4.69, 9.17) is 0 Å². The molecule has 0 fully saturated rings. The molecule has 0 unspecified atom stereocenters. The van der Waals surface area contributed by atoms with Crippen LogP contribution in [0.15, 0.2) is 42.5 Å². The van der Waals surface area contributed by atoms with Gasteiger partial charge in [0.15, 0.2) is 0 Å². The molecule has 0 aliphatic rings. The SMILES string of the molecule is CC(C)S(=O)(=O)NC(=O)CCc1ccc2ccccc2c1. The van der Waals surface area contributed by atoms with Gasteiger partial charge < -0.3 is 0 Å². The zero-order chi connectivity index (χ0) is 15.5. The Morgan fingerprint density at radius 1 is 1.10 bits per heavy atom. The van der Waals surface area contributed by atoms with Crippen LogP contribution in [0.2, 0.25) is 0 Å². The summed E-state index contributed by atoms with van der Waals surface area (Å²) in [6.07, 6.45) is 0.675. The number of carbonyl (C=O) groups excluding carboxylic acids is 1. The lowest BCUT2D eigenvalue weighted by Crippen LogP contribution is -2.35. The van der Waals surface area contributed by atoms with Crippen molar-refractivity contribution in [1.82, 2.24) is 4.72 Å². The van der Waals surface area contributed by atoms with Crippen molar-refractivity contribution in [2.45, 2.75) is 31.9 Å². The number of sulfonamides is 1. The number of aryl methyl sites for hydroxylation is 1. The highest BCUT2D eigenvalue weighted by atomic mass is 32.2. The summed E-state index contributed by atoms with van der Waals surface area (Å²) in [5, 5.41) is 1.65. The van der Waals surface area contributed by atoms with E-state index in [1.807, 2.05) is 42.5 Å². The van der Waals surface area contributed by atoms with Crippen molar-refractivity contribution in [3.05, 3.63) is 48.0 Å². The number of rotatable bonds is 5. The first-order chi connectivity index (χ1) is 9.88. The second-order valence-corrected chi connectivity index (χ2v) is 7.54. The molecule has 0 atom stereocenters. The summed E-state index contributed by atoms with van der Waals surface area (Å²) in [6, 6.07) is 14.0. The normalized spacial score (nSPS) is 11.8. The Hall–Kier alpha value is -1.88. The fourth-order valence-electron chi connectivity index (χ4n) is 1.98. The van der Waals surface area contributed by atoms with Crippen molar-refractivity contribution in [2.24, 2.45) is 0 Å². The van der Waals surface area contributed by atoms with E-state index in [9.17, 15) is 13.2 Å². The molecule has 0 heterocycles. The number of fused-ring (bicyclic) bond motifs is 1. The zero-order valence-electron chi connectivity index (χ0n) is 12.2. The Kier molecular flexibility index (Phi) is 4.63. The number of hydrogen-bond donors (Lipinski definition) is 1. The van der Waals surface area contributed by atoms with Gasteiger partial charge in [-0.15, -0.1) is 0 Å². The Labute approximate surface area is 125 Å². The molecule has 5 heteroatoms. The highest BCUT2D eigenvalue weighted by Gasteiger charge is 2.18. The van der Waals surface area contributed by atoms with Gasteiger partial charge in [0.1, 0.15) is 0 Å². The fraction of sp³-hybridized carbons (Fsp3) is 0.312. The summed E-state index contributed by atoms with van der Waals surface area (Å²) in [7, 11) is -3.54. The summed E-state index contributed by atoms with van der Waals surface area (Å²) in [6.45, 7) is 3.08. The Morgan fingerprint density at radius 3 is 2.43 bits per heavy atom. The smallest absolute Gasteiger partial charge is 0.237 e. The standard InChI is InChI=1S/C16H19NO3S/c1-12(2)21(19,20)17-16(18)10-8-13-7-9-14-5-3-4-6-15(14)11-13/h3-7,9,11-12H,8,10H2,1-2H3,(H,17,18). The molecule has 112 valence electrons. The minimum Gasteiger partial charge on any atom is -0.274 e. The van der Waals surface area contributed by atoms with Crippen LogP contribution in [0.4, 0.5) is 0 Å². The maximum absolute atomic E-state index is 11.7. The molecule has 1 amide bonds. The molecule has 0 aliphatic carbocycles. The highest BCUT2D eigenvalue weighted by Crippen LogP contribution is 2.16. The summed E-state index contributed by atoms with van der Waals surface area (Å²) in [5.41, 5.74) is 1.02. The predicted molar refractivity (Wildman–Crippen MR) is 84.5 cm³/mol. The molecule has 0 aromatic heterocycles. The van der Waals surface area contributed by atoms with Gasteiger partial charge in [-0.1, -0.05) is 42.5 Å². The minimum absolute atomic E-state index is 0.157. The average Bonchev–Trinajstić information content (AvgIpc) is 2.44. The van der Waals surface area contributed by atoms with Crippen molar-refractivity contribution < 1.29 is 13.2 Å². The third-order valence-electron chi connectivity index (χ3n) is 3.33. The molecular formula is C16H19NO3S. The Morgan fingerprint density at radius 2 is 1.76 bits per heavy atom. The topological polar surface area (TPSA) is 63.2 Å². The predicted octanol–water partition coefficient (Wildman–Crippen LogP) is 2.63. The second kappa shape index (κ2) is 6.26. The van der Waals surface area contributed by atoms with E-state index in [1.54, 1.807) is 13.8 Å². The van der Waals surface area contributed by atoms with E-state index < -0.39 is 21.2 Å². The molecule has 1 N–H and O–H groups in total. The van der Waals surface area contributed by atoms with Gasteiger partial charge in [-0.25, -0.2) is 8.42 Å². The van der Waals surface area contributed by atoms with E-state index in [-0.39, 0.29) is 6.42 Å². The van der Waals surface area contributed by atoms with Crippen LogP contribution in [0.3, 0.4) is 0 Å². The molecule has 0 saturated heterocycles. The fourth-order valence-corrected chi connectivity index (χ4v) is 2.63. The van der Waals surface area contributed by atoms with E-state index in [0.29, 0.717) is 6.42 Å². The monoisotopic (exact) mass is 305 g/mol. The Bertz CT molecular complexity index is 751. The van der Waals surface area contributed by atoms with Crippen LogP contribution in [-0.4, -0.2) is 19.6 Å². The maximum Gasteiger partial charge on any atom is 0.237 e. The van der Waals surface area contributed by atoms with Gasteiger partial charge >= 0.3 is 0 Å². The van der Waals surface area contributed by atoms with Crippen molar-refractivity contribution in [3.63, 3.8) is 0 Å². The van der Waals surface area contributed by atoms with Gasteiger partial charge in [-0.2, -0.15) is 0 Å². The van der Waals surface area contributed by atoms with E-state index in [1.165, 1.54) is 0 Å². The summed E-state index contributed by atoms with van der Waals surface area (Å²) in [4.78, 5) is 11.7. The van der Waals surface area contributed by atoms with Crippen LogP contribution >= 0.6 is 0 Å². The molecule has 0 radical (unpaired) electrons. The summed E-state index contributed by atoms with van der Waals surface area (Å²) < 4.78 is 25.3. The third kappa shape index (κ3) is 4.04. The molecule has 2 rings (SSSR count). The van der Waals surface area contributed by atoms with Crippen molar-refractivity contribution in [2.75, 3.05) is 0 Å². The lowest BCUT2D eigenvalue weighted by atomic mass is 10.0. The quantitative estimate of drug-likeness (QED) is 0.923. The van der Waals surface area contributed by atoms with Gasteiger partial charge in [0.05, 0.1) is 5.25 Å². The number of benzene rings is 2. The summed E-state index contributed by atoms with van der Waals surface area (Å²) >= 11 is 0. The highest BCUT2D eigenvalue weighted by molar-refractivity contribution is 7.90. The molecule has 0 saturated carbocycles.